The summed E-state index contributed by atoms with van der Waals surface area (Å²) in [7, 11) is 0. The number of hydrogen-bond acceptors (Lipinski definition) is 3. The van der Waals surface area contributed by atoms with Crippen LogP contribution in [-0.4, -0.2) is 4.98 Å². The summed E-state index contributed by atoms with van der Waals surface area (Å²) in [6.45, 7) is 4.79. The average molecular weight is 237 g/mol. The lowest BCUT2D eigenvalue weighted by molar-refractivity contribution is 1.09. The van der Waals surface area contributed by atoms with Gasteiger partial charge in [0, 0.05) is 24.0 Å². The fourth-order valence-electron chi connectivity index (χ4n) is 1.73. The van der Waals surface area contributed by atoms with Gasteiger partial charge in [-0.1, -0.05) is 12.1 Å². The predicted molar refractivity (Wildman–Crippen MR) is 72.2 cm³/mol. The van der Waals surface area contributed by atoms with Crippen molar-refractivity contribution >= 4 is 5.69 Å². The number of nitriles is 1. The highest BCUT2D eigenvalue weighted by molar-refractivity contribution is 5.49. The van der Waals surface area contributed by atoms with Crippen LogP contribution in [0.1, 0.15) is 22.4 Å². The van der Waals surface area contributed by atoms with Crippen molar-refractivity contribution in [3.05, 3.63) is 58.9 Å². The van der Waals surface area contributed by atoms with Crippen molar-refractivity contribution in [1.82, 2.24) is 4.98 Å². The van der Waals surface area contributed by atoms with Crippen molar-refractivity contribution in [1.29, 1.82) is 5.26 Å². The second-order valence-electron chi connectivity index (χ2n) is 4.28. The molecule has 0 fully saturated rings. The van der Waals surface area contributed by atoms with Crippen molar-refractivity contribution in [3.8, 4) is 6.07 Å². The minimum Gasteiger partial charge on any atom is -0.381 e. The molecule has 0 aliphatic heterocycles. The maximum Gasteiger partial charge on any atom is 0.145 e. The van der Waals surface area contributed by atoms with Crippen molar-refractivity contribution in [3.63, 3.8) is 0 Å². The highest BCUT2D eigenvalue weighted by Crippen LogP contribution is 2.15. The van der Waals surface area contributed by atoms with E-state index >= 15 is 0 Å². The zero-order chi connectivity index (χ0) is 13.0. The molecular weight excluding hydrogens is 222 g/mol. The normalized spacial score (nSPS) is 9.83. The molecule has 0 amide bonds. The third kappa shape index (κ3) is 2.67. The van der Waals surface area contributed by atoms with Gasteiger partial charge in [0.05, 0.1) is 0 Å². The number of pyridine rings is 1. The Kier molecular flexibility index (Phi) is 3.59. The molecule has 0 saturated heterocycles. The standard InChI is InChI=1S/C15H15N3/c1-11-5-6-14(8-12(11)2)18-10-13-4-3-7-17-15(13)9-16/h3-8,18H,10H2,1-2H3. The van der Waals surface area contributed by atoms with Crippen LogP contribution in [0.3, 0.4) is 0 Å². The van der Waals surface area contributed by atoms with Crippen molar-refractivity contribution in [2.24, 2.45) is 0 Å². The van der Waals surface area contributed by atoms with Gasteiger partial charge in [-0.25, -0.2) is 4.98 Å². The molecule has 0 bridgehead atoms. The van der Waals surface area contributed by atoms with Crippen molar-refractivity contribution < 1.29 is 0 Å². The molecule has 1 N–H and O–H groups in total. The van der Waals surface area contributed by atoms with E-state index in [4.69, 9.17) is 5.26 Å². The number of nitrogens with zero attached hydrogens (tertiary/aromatic N) is 2. The summed E-state index contributed by atoms with van der Waals surface area (Å²) in [5.41, 5.74) is 4.99. The number of hydrogen-bond donors (Lipinski definition) is 1. The fourth-order valence-corrected chi connectivity index (χ4v) is 1.73. The van der Waals surface area contributed by atoms with E-state index in [1.165, 1.54) is 11.1 Å². The molecule has 2 aromatic rings. The molecule has 0 saturated carbocycles. The lowest BCUT2D eigenvalue weighted by Gasteiger charge is -2.09. The molecule has 0 atom stereocenters. The largest absolute Gasteiger partial charge is 0.381 e. The summed E-state index contributed by atoms with van der Waals surface area (Å²) >= 11 is 0. The van der Waals surface area contributed by atoms with Gasteiger partial charge in [0.2, 0.25) is 0 Å². The Morgan fingerprint density at radius 3 is 2.78 bits per heavy atom. The van der Waals surface area contributed by atoms with Gasteiger partial charge in [-0.2, -0.15) is 5.26 Å². The minimum absolute atomic E-state index is 0.480. The smallest absolute Gasteiger partial charge is 0.145 e. The predicted octanol–water partition coefficient (Wildman–Crippen LogP) is 3.18. The molecule has 2 rings (SSSR count). The number of aryl methyl sites for hydroxylation is 2. The SMILES string of the molecule is Cc1ccc(NCc2cccnc2C#N)cc1C. The van der Waals surface area contributed by atoms with Crippen LogP contribution in [0.4, 0.5) is 5.69 Å². The van der Waals surface area contributed by atoms with Gasteiger partial charge in [-0.3, -0.25) is 0 Å². The van der Waals surface area contributed by atoms with Gasteiger partial charge in [0.15, 0.2) is 0 Å². The first-order valence-electron chi connectivity index (χ1n) is 5.86. The van der Waals surface area contributed by atoms with E-state index in [1.807, 2.05) is 18.2 Å². The first-order chi connectivity index (χ1) is 8.70. The molecule has 3 nitrogen and oxygen atoms in total. The molecule has 1 aromatic heterocycles. The molecule has 0 unspecified atom stereocenters. The summed E-state index contributed by atoms with van der Waals surface area (Å²) in [5.74, 6) is 0. The number of benzene rings is 1. The van der Waals surface area contributed by atoms with E-state index in [9.17, 15) is 0 Å². The Hall–Kier alpha value is -2.34. The summed E-state index contributed by atoms with van der Waals surface area (Å²) in [4.78, 5) is 4.04. The van der Waals surface area contributed by atoms with Crippen LogP contribution in [0.2, 0.25) is 0 Å². The zero-order valence-electron chi connectivity index (χ0n) is 10.6. The van der Waals surface area contributed by atoms with Crippen LogP contribution in [0.25, 0.3) is 0 Å². The Bertz CT molecular complexity index is 597. The summed E-state index contributed by atoms with van der Waals surface area (Å²) in [5, 5.41) is 12.3. The second-order valence-corrected chi connectivity index (χ2v) is 4.28. The number of aromatic nitrogens is 1. The zero-order valence-corrected chi connectivity index (χ0v) is 10.6. The van der Waals surface area contributed by atoms with Gasteiger partial charge >= 0.3 is 0 Å². The Labute approximate surface area is 107 Å². The Morgan fingerprint density at radius 1 is 1.22 bits per heavy atom. The lowest BCUT2D eigenvalue weighted by atomic mass is 10.1. The first-order valence-corrected chi connectivity index (χ1v) is 5.86. The van der Waals surface area contributed by atoms with Crippen molar-refractivity contribution in [2.45, 2.75) is 20.4 Å². The average Bonchev–Trinajstić information content (AvgIpc) is 2.40. The van der Waals surface area contributed by atoms with E-state index in [0.717, 1.165) is 11.3 Å². The molecule has 0 aliphatic rings. The van der Waals surface area contributed by atoms with E-state index in [-0.39, 0.29) is 0 Å². The van der Waals surface area contributed by atoms with Crippen LogP contribution in [-0.2, 0) is 6.54 Å². The van der Waals surface area contributed by atoms with E-state index in [1.54, 1.807) is 6.20 Å². The molecule has 90 valence electrons. The van der Waals surface area contributed by atoms with Gasteiger partial charge in [0.25, 0.3) is 0 Å². The molecule has 0 radical (unpaired) electrons. The van der Waals surface area contributed by atoms with Gasteiger partial charge in [-0.05, 0) is 43.2 Å². The van der Waals surface area contributed by atoms with E-state index < -0.39 is 0 Å². The fraction of sp³-hybridized carbons (Fsp3) is 0.200. The Morgan fingerprint density at radius 2 is 2.06 bits per heavy atom. The maximum atomic E-state index is 8.96. The molecule has 18 heavy (non-hydrogen) atoms. The highest BCUT2D eigenvalue weighted by atomic mass is 14.9. The molecule has 1 heterocycles. The number of nitrogens with one attached hydrogen (secondary N) is 1. The molecule has 1 aromatic carbocycles. The highest BCUT2D eigenvalue weighted by Gasteiger charge is 2.02. The van der Waals surface area contributed by atoms with Gasteiger partial charge in [-0.15, -0.1) is 0 Å². The van der Waals surface area contributed by atoms with Crippen LogP contribution in [0, 0.1) is 25.2 Å². The third-order valence-electron chi connectivity index (χ3n) is 2.99. The van der Waals surface area contributed by atoms with Gasteiger partial charge < -0.3 is 5.32 Å². The van der Waals surface area contributed by atoms with Crippen LogP contribution >= 0.6 is 0 Å². The summed E-state index contributed by atoms with van der Waals surface area (Å²) in [6.07, 6.45) is 1.64. The number of rotatable bonds is 3. The van der Waals surface area contributed by atoms with Crippen LogP contribution < -0.4 is 5.32 Å². The van der Waals surface area contributed by atoms with Crippen molar-refractivity contribution in [2.75, 3.05) is 5.32 Å². The van der Waals surface area contributed by atoms with Crippen LogP contribution in [0.5, 0.6) is 0 Å². The molecule has 0 spiro atoms. The topological polar surface area (TPSA) is 48.7 Å². The molecule has 3 heteroatoms. The summed E-state index contributed by atoms with van der Waals surface area (Å²) in [6, 6.07) is 12.1. The lowest BCUT2D eigenvalue weighted by Crippen LogP contribution is -2.03. The van der Waals surface area contributed by atoms with E-state index in [2.05, 4.69) is 42.4 Å². The number of anilines is 1. The van der Waals surface area contributed by atoms with E-state index in [0.29, 0.717) is 12.2 Å². The quantitative estimate of drug-likeness (QED) is 0.891. The van der Waals surface area contributed by atoms with Crippen LogP contribution in [0.15, 0.2) is 36.5 Å². The molecular formula is C15H15N3. The monoisotopic (exact) mass is 237 g/mol. The first kappa shape index (κ1) is 12.1. The second kappa shape index (κ2) is 5.33. The Balaban J connectivity index is 2.12. The van der Waals surface area contributed by atoms with Gasteiger partial charge in [0.1, 0.15) is 11.8 Å². The molecule has 0 aliphatic carbocycles. The summed E-state index contributed by atoms with van der Waals surface area (Å²) < 4.78 is 0. The maximum absolute atomic E-state index is 8.96. The minimum atomic E-state index is 0.480. The third-order valence-corrected chi connectivity index (χ3v) is 2.99.